The summed E-state index contributed by atoms with van der Waals surface area (Å²) in [5.41, 5.74) is -0.0401. The van der Waals surface area contributed by atoms with Gasteiger partial charge in [0, 0.05) is 35.9 Å². The van der Waals surface area contributed by atoms with E-state index in [1.807, 2.05) is 6.92 Å². The van der Waals surface area contributed by atoms with Crippen LogP contribution in [-0.2, 0) is 9.59 Å². The van der Waals surface area contributed by atoms with E-state index in [4.69, 9.17) is 0 Å². The summed E-state index contributed by atoms with van der Waals surface area (Å²) in [6.07, 6.45) is -1.65. The van der Waals surface area contributed by atoms with Crippen LogP contribution in [0.25, 0.3) is 0 Å². The molecule has 4 N–H and O–H groups in total. The van der Waals surface area contributed by atoms with Crippen molar-refractivity contribution in [1.82, 2.24) is 16.0 Å². The Morgan fingerprint density at radius 1 is 1.30 bits per heavy atom. The number of carbonyl (C=O) groups excluding carboxylic acids is 2. The van der Waals surface area contributed by atoms with Gasteiger partial charge in [-0.05, 0) is 53.5 Å². The van der Waals surface area contributed by atoms with Crippen LogP contribution in [0.2, 0.25) is 0 Å². The minimum atomic E-state index is -1.43. The number of rotatable bonds is 5. The Kier molecular flexibility index (Phi) is 6.87. The molecule has 170 valence electrons. The summed E-state index contributed by atoms with van der Waals surface area (Å²) in [4.78, 5) is 25.5. The van der Waals surface area contributed by atoms with E-state index in [-0.39, 0.29) is 49.6 Å². The largest absolute Gasteiger partial charge is 0.388 e. The van der Waals surface area contributed by atoms with E-state index in [2.05, 4.69) is 22.9 Å². The van der Waals surface area contributed by atoms with Gasteiger partial charge in [0.1, 0.15) is 12.3 Å². The van der Waals surface area contributed by atoms with Crippen LogP contribution < -0.4 is 16.0 Å². The number of halogens is 2. The van der Waals surface area contributed by atoms with Gasteiger partial charge in [-0.15, -0.1) is 0 Å². The highest BCUT2D eigenvalue weighted by atomic mass is 19.1. The molecule has 3 rings (SSSR count). The zero-order valence-corrected chi connectivity index (χ0v) is 18.3. The Morgan fingerprint density at radius 2 is 2.00 bits per heavy atom. The number of nitrogens with one attached hydrogen (secondary N) is 3. The van der Waals surface area contributed by atoms with E-state index >= 15 is 0 Å². The van der Waals surface area contributed by atoms with E-state index in [0.717, 1.165) is 18.5 Å². The molecule has 2 amide bonds. The average Bonchev–Trinajstić information content (AvgIpc) is 2.62. The summed E-state index contributed by atoms with van der Waals surface area (Å²) in [7, 11) is 0. The molecule has 2 fully saturated rings. The topological polar surface area (TPSA) is 90.5 Å². The molecule has 30 heavy (non-hydrogen) atoms. The lowest BCUT2D eigenvalue weighted by Gasteiger charge is -2.43. The fourth-order valence-corrected chi connectivity index (χ4v) is 5.47. The van der Waals surface area contributed by atoms with Gasteiger partial charge >= 0.3 is 0 Å². The van der Waals surface area contributed by atoms with Gasteiger partial charge < -0.3 is 21.1 Å². The number of fused-ring (bicyclic) bond motifs is 1. The second kappa shape index (κ2) is 8.91. The first-order valence-electron chi connectivity index (χ1n) is 11.0. The second-order valence-corrected chi connectivity index (χ2v) is 9.76. The minimum absolute atomic E-state index is 0.0628. The summed E-state index contributed by atoms with van der Waals surface area (Å²) >= 11 is 0. The standard InChI is InChI=1S/C22H35F2N3O3/c1-11-15(21(29)26-17-7-8-25-12(2)19(11)17)10-18(28)27-20(22(3,4)30)14-6-5-13(23)9-16(14)24/h12-14,16-17,19-20,25,30H,5-10H2,1-4H3,(H,26,29)(H,27,28)/t12?,13?,14?,16?,17?,19?,20-/m1/s1. The van der Waals surface area contributed by atoms with Crippen molar-refractivity contribution < 1.29 is 23.5 Å². The van der Waals surface area contributed by atoms with Crippen LogP contribution in [0.1, 0.15) is 59.8 Å². The molecule has 0 radical (unpaired) electrons. The maximum Gasteiger partial charge on any atom is 0.247 e. The van der Waals surface area contributed by atoms with Crippen LogP contribution in [0.4, 0.5) is 8.78 Å². The number of carbonyl (C=O) groups is 2. The maximum absolute atomic E-state index is 14.6. The zero-order valence-electron chi connectivity index (χ0n) is 18.3. The summed E-state index contributed by atoms with van der Waals surface area (Å²) in [5.74, 6) is -1.21. The first-order valence-corrected chi connectivity index (χ1v) is 11.0. The lowest BCUT2D eigenvalue weighted by atomic mass is 9.75. The third-order valence-electron chi connectivity index (χ3n) is 7.06. The van der Waals surface area contributed by atoms with Gasteiger partial charge in [-0.25, -0.2) is 8.78 Å². The summed E-state index contributed by atoms with van der Waals surface area (Å²) in [6, 6.07) is -0.606. The van der Waals surface area contributed by atoms with Crippen molar-refractivity contribution >= 4 is 11.8 Å². The molecule has 0 bridgehead atoms. The molecule has 0 aromatic carbocycles. The van der Waals surface area contributed by atoms with Crippen LogP contribution in [0.3, 0.4) is 0 Å². The molecule has 0 spiro atoms. The summed E-state index contributed by atoms with van der Waals surface area (Å²) in [5, 5.41) is 19.8. The molecule has 1 aliphatic carbocycles. The normalized spacial score (nSPS) is 36.0. The molecule has 6 nitrogen and oxygen atoms in total. The highest BCUT2D eigenvalue weighted by molar-refractivity contribution is 6.00. The van der Waals surface area contributed by atoms with E-state index in [1.165, 1.54) is 13.8 Å². The SMILES string of the molecule is CC1=C(CC(=O)N[C@H](C2CCC(F)CC2F)C(C)(C)O)C(=O)NC2CCNC(C)C12. The van der Waals surface area contributed by atoms with E-state index in [9.17, 15) is 23.5 Å². The Balaban J connectivity index is 1.75. The summed E-state index contributed by atoms with van der Waals surface area (Å²) in [6.45, 7) is 7.84. The van der Waals surface area contributed by atoms with E-state index in [0.29, 0.717) is 5.57 Å². The lowest BCUT2D eigenvalue weighted by molar-refractivity contribution is -0.127. The Labute approximate surface area is 177 Å². The maximum atomic E-state index is 14.6. The quantitative estimate of drug-likeness (QED) is 0.540. The van der Waals surface area contributed by atoms with Gasteiger partial charge in [-0.3, -0.25) is 9.59 Å². The highest BCUT2D eigenvalue weighted by Crippen LogP contribution is 2.35. The summed E-state index contributed by atoms with van der Waals surface area (Å²) < 4.78 is 28.1. The molecule has 2 aliphatic heterocycles. The third kappa shape index (κ3) is 4.85. The molecule has 1 saturated heterocycles. The van der Waals surface area contributed by atoms with Crippen LogP contribution in [-0.4, -0.2) is 59.5 Å². The molecule has 2 heterocycles. The number of amides is 2. The number of hydrogen-bond donors (Lipinski definition) is 4. The predicted octanol–water partition coefficient (Wildman–Crippen LogP) is 1.92. The van der Waals surface area contributed by atoms with Crippen molar-refractivity contribution in [2.75, 3.05) is 6.54 Å². The van der Waals surface area contributed by atoms with Crippen LogP contribution in [0.5, 0.6) is 0 Å². The molecule has 0 aromatic heterocycles. The monoisotopic (exact) mass is 427 g/mol. The van der Waals surface area contributed by atoms with Crippen molar-refractivity contribution in [2.45, 2.75) is 95.9 Å². The molecule has 8 heteroatoms. The molecular weight excluding hydrogens is 392 g/mol. The number of hydrogen-bond acceptors (Lipinski definition) is 4. The van der Waals surface area contributed by atoms with Gasteiger partial charge in [0.2, 0.25) is 11.8 Å². The fraction of sp³-hybridized carbons (Fsp3) is 0.818. The molecule has 3 aliphatic rings. The van der Waals surface area contributed by atoms with Gasteiger partial charge in [-0.2, -0.15) is 0 Å². The van der Waals surface area contributed by atoms with Crippen molar-refractivity contribution in [1.29, 1.82) is 0 Å². The Bertz CT molecular complexity index is 706. The first kappa shape index (κ1) is 23.1. The van der Waals surface area contributed by atoms with Gasteiger partial charge in [0.25, 0.3) is 0 Å². The zero-order chi connectivity index (χ0) is 22.2. The van der Waals surface area contributed by atoms with Crippen LogP contribution >= 0.6 is 0 Å². The second-order valence-electron chi connectivity index (χ2n) is 9.76. The van der Waals surface area contributed by atoms with Crippen molar-refractivity contribution in [2.24, 2.45) is 11.8 Å². The van der Waals surface area contributed by atoms with Crippen LogP contribution in [0.15, 0.2) is 11.1 Å². The van der Waals surface area contributed by atoms with Crippen molar-refractivity contribution in [3.63, 3.8) is 0 Å². The first-order chi connectivity index (χ1) is 14.0. The smallest absolute Gasteiger partial charge is 0.247 e. The van der Waals surface area contributed by atoms with Gasteiger partial charge in [0.05, 0.1) is 18.1 Å². The number of piperidine rings is 1. The minimum Gasteiger partial charge on any atom is -0.388 e. The van der Waals surface area contributed by atoms with E-state index < -0.39 is 35.8 Å². The molecule has 0 aromatic rings. The van der Waals surface area contributed by atoms with Crippen molar-refractivity contribution in [3.05, 3.63) is 11.1 Å². The molecule has 6 unspecified atom stereocenters. The van der Waals surface area contributed by atoms with Gasteiger partial charge in [-0.1, -0.05) is 5.57 Å². The van der Waals surface area contributed by atoms with Gasteiger partial charge in [0.15, 0.2) is 0 Å². The Hall–Kier alpha value is -1.54. The predicted molar refractivity (Wildman–Crippen MR) is 110 cm³/mol. The molecule has 1 saturated carbocycles. The average molecular weight is 428 g/mol. The van der Waals surface area contributed by atoms with Crippen molar-refractivity contribution in [3.8, 4) is 0 Å². The van der Waals surface area contributed by atoms with E-state index in [1.54, 1.807) is 0 Å². The highest BCUT2D eigenvalue weighted by Gasteiger charge is 2.44. The third-order valence-corrected chi connectivity index (χ3v) is 7.06. The fourth-order valence-electron chi connectivity index (χ4n) is 5.47. The number of alkyl halides is 2. The van der Waals surface area contributed by atoms with Crippen LogP contribution in [0, 0.1) is 11.8 Å². The molecular formula is C22H35F2N3O3. The number of aliphatic hydroxyl groups is 1. The lowest BCUT2D eigenvalue weighted by Crippen LogP contribution is -2.58. The molecule has 7 atom stereocenters. The Morgan fingerprint density at radius 3 is 2.63 bits per heavy atom.